The Morgan fingerprint density at radius 3 is 2.40 bits per heavy atom. The van der Waals surface area contributed by atoms with Crippen LogP contribution >= 0.6 is 11.3 Å². The van der Waals surface area contributed by atoms with Crippen LogP contribution in [0.25, 0.3) is 10.2 Å². The average Bonchev–Trinajstić information content (AvgIpc) is 3.59. The minimum Gasteiger partial charge on any atom is -0.354 e. The van der Waals surface area contributed by atoms with Gasteiger partial charge in [0.2, 0.25) is 5.91 Å². The fraction of sp³-hybridized carbons (Fsp3) is 0.290. The van der Waals surface area contributed by atoms with Crippen molar-refractivity contribution in [1.82, 2.24) is 30.1 Å². The lowest BCUT2D eigenvalue weighted by molar-refractivity contribution is -0.157. The van der Waals surface area contributed by atoms with Gasteiger partial charge in [0.25, 0.3) is 5.91 Å². The number of carbonyl (C=O) groups excluding carboxylic acids is 3. The number of thiazole rings is 1. The van der Waals surface area contributed by atoms with Gasteiger partial charge in [-0.05, 0) is 22.8 Å². The van der Waals surface area contributed by atoms with Crippen molar-refractivity contribution in [3.63, 3.8) is 0 Å². The number of rotatable bonds is 7. The minimum atomic E-state index is -0.796. The molecule has 0 radical (unpaired) electrons. The van der Waals surface area contributed by atoms with E-state index in [2.05, 4.69) is 5.32 Å². The summed E-state index contributed by atoms with van der Waals surface area (Å²) in [6.07, 6.45) is -0.514. The molecule has 0 unspecified atom stereocenters. The van der Waals surface area contributed by atoms with Gasteiger partial charge in [0.1, 0.15) is 12.2 Å². The number of fused-ring (bicyclic) bond motifs is 2. The summed E-state index contributed by atoms with van der Waals surface area (Å²) in [7, 11) is 5.58. The molecule has 2 aliphatic rings. The lowest BCUT2D eigenvalue weighted by Crippen LogP contribution is -2.62. The molecular weight excluding hydrogens is 550 g/mol. The number of piperazine rings is 1. The Kier molecular flexibility index (Phi) is 7.53. The van der Waals surface area contributed by atoms with Gasteiger partial charge in [-0.3, -0.25) is 14.6 Å². The van der Waals surface area contributed by atoms with Gasteiger partial charge in [-0.2, -0.15) is 5.01 Å². The number of para-hydroxylation sites is 1. The zero-order valence-corrected chi connectivity index (χ0v) is 24.6. The van der Waals surface area contributed by atoms with Crippen molar-refractivity contribution in [2.75, 3.05) is 39.1 Å². The summed E-state index contributed by atoms with van der Waals surface area (Å²) in [4.78, 5) is 51.1. The number of nitrogens with one attached hydrogen (secondary N) is 1. The first kappa shape index (κ1) is 27.7. The first-order valence-electron chi connectivity index (χ1n) is 13.8. The summed E-state index contributed by atoms with van der Waals surface area (Å²) in [5.74, 6) is -0.342. The Labute approximate surface area is 248 Å². The molecule has 6 rings (SSSR count). The second kappa shape index (κ2) is 11.4. The van der Waals surface area contributed by atoms with Crippen molar-refractivity contribution < 1.29 is 14.4 Å². The first-order valence-corrected chi connectivity index (χ1v) is 14.7. The molecule has 1 aromatic heterocycles. The van der Waals surface area contributed by atoms with Crippen LogP contribution < -0.4 is 10.2 Å². The Balaban J connectivity index is 1.30. The molecule has 2 saturated heterocycles. The van der Waals surface area contributed by atoms with Gasteiger partial charge in [-0.1, -0.05) is 84.1 Å². The molecule has 0 bridgehead atoms. The number of hydrogen-bond acceptors (Lipinski definition) is 7. The molecular formula is C31H33N7O3S. The Morgan fingerprint density at radius 2 is 1.69 bits per heavy atom. The summed E-state index contributed by atoms with van der Waals surface area (Å²) in [5.41, 5.74) is 3.53. The van der Waals surface area contributed by atoms with E-state index in [0.29, 0.717) is 13.1 Å². The standard InChI is InChI=1S/C31H33N7O3S/c1-34(2)31-33-27-23(15-10-16-24(27)42-31)18-36-19-25-37(35(3)30(41)32-17-21-11-6-4-7-12-21)20-26(39)38(25)28(29(36)40)22-13-8-5-9-14-22/h4-16,25,28H,17-20H2,1-3H3,(H,32,41)/t25-,28+/m1/s1. The zero-order valence-electron chi connectivity index (χ0n) is 23.8. The van der Waals surface area contributed by atoms with E-state index in [1.165, 1.54) is 5.01 Å². The smallest absolute Gasteiger partial charge is 0.332 e. The number of urea groups is 1. The Hall–Kier alpha value is -4.48. The van der Waals surface area contributed by atoms with E-state index in [9.17, 15) is 14.4 Å². The van der Waals surface area contributed by atoms with Crippen LogP contribution in [0.2, 0.25) is 0 Å². The van der Waals surface area contributed by atoms with Gasteiger partial charge >= 0.3 is 6.03 Å². The van der Waals surface area contributed by atoms with Crippen molar-refractivity contribution in [2.45, 2.75) is 25.3 Å². The third kappa shape index (κ3) is 5.17. The fourth-order valence-electron chi connectivity index (χ4n) is 5.62. The van der Waals surface area contributed by atoms with Crippen molar-refractivity contribution in [3.05, 3.63) is 95.6 Å². The SMILES string of the molecule is CN(C)c1nc2c(CN3C[C@H]4N(C(=O)CN4N(C)C(=O)NCc4ccccc4)[C@@H](c4ccccc4)C3=O)cccc2s1. The van der Waals surface area contributed by atoms with Gasteiger partial charge < -0.3 is 20.0 Å². The summed E-state index contributed by atoms with van der Waals surface area (Å²) in [6, 6.07) is 24.0. The van der Waals surface area contributed by atoms with Crippen LogP contribution in [0, 0.1) is 0 Å². The van der Waals surface area contributed by atoms with Crippen LogP contribution in [0.3, 0.4) is 0 Å². The molecule has 11 heteroatoms. The predicted octanol–water partition coefficient (Wildman–Crippen LogP) is 3.67. The molecule has 3 heterocycles. The third-order valence-corrected chi connectivity index (χ3v) is 8.96. The number of carbonyl (C=O) groups is 3. The highest BCUT2D eigenvalue weighted by Crippen LogP contribution is 2.37. The minimum absolute atomic E-state index is 0.00175. The van der Waals surface area contributed by atoms with Gasteiger partial charge in [0, 0.05) is 34.2 Å². The number of benzene rings is 3. The molecule has 10 nitrogen and oxygen atoms in total. The summed E-state index contributed by atoms with van der Waals surface area (Å²) < 4.78 is 1.05. The van der Waals surface area contributed by atoms with E-state index in [1.807, 2.05) is 97.9 Å². The van der Waals surface area contributed by atoms with Crippen LogP contribution in [-0.2, 0) is 22.7 Å². The molecule has 3 aromatic carbocycles. The maximum atomic E-state index is 14.1. The largest absolute Gasteiger partial charge is 0.354 e. The molecule has 4 amide bonds. The van der Waals surface area contributed by atoms with E-state index in [0.717, 1.165) is 32.0 Å². The van der Waals surface area contributed by atoms with E-state index in [4.69, 9.17) is 4.98 Å². The van der Waals surface area contributed by atoms with Crippen molar-refractivity contribution in [3.8, 4) is 0 Å². The second-order valence-electron chi connectivity index (χ2n) is 10.7. The second-order valence-corrected chi connectivity index (χ2v) is 11.7. The van der Waals surface area contributed by atoms with E-state index in [-0.39, 0.29) is 30.9 Å². The van der Waals surface area contributed by atoms with Crippen LogP contribution in [0.4, 0.5) is 9.93 Å². The number of aromatic nitrogens is 1. The van der Waals surface area contributed by atoms with Crippen LogP contribution in [0.15, 0.2) is 78.9 Å². The van der Waals surface area contributed by atoms with E-state index >= 15 is 0 Å². The van der Waals surface area contributed by atoms with Gasteiger partial charge in [-0.15, -0.1) is 0 Å². The highest BCUT2D eigenvalue weighted by molar-refractivity contribution is 7.22. The molecule has 0 spiro atoms. The summed E-state index contributed by atoms with van der Waals surface area (Å²) in [5, 5.41) is 7.06. The quantitative estimate of drug-likeness (QED) is 0.357. The van der Waals surface area contributed by atoms with Crippen molar-refractivity contribution >= 4 is 44.5 Å². The molecule has 4 aromatic rings. The topological polar surface area (TPSA) is 92.3 Å². The van der Waals surface area contributed by atoms with E-state index < -0.39 is 12.2 Å². The lowest BCUT2D eigenvalue weighted by atomic mass is 10.00. The number of amides is 4. The lowest BCUT2D eigenvalue weighted by Gasteiger charge is -2.45. The molecule has 0 aliphatic carbocycles. The Bertz CT molecular complexity index is 1610. The van der Waals surface area contributed by atoms with Crippen LogP contribution in [0.1, 0.15) is 22.7 Å². The highest BCUT2D eigenvalue weighted by atomic mass is 32.1. The number of hydrogen-bond donors (Lipinski definition) is 1. The number of nitrogens with zero attached hydrogens (tertiary/aromatic N) is 6. The molecule has 42 heavy (non-hydrogen) atoms. The monoisotopic (exact) mass is 583 g/mol. The average molecular weight is 584 g/mol. The molecule has 2 atom stereocenters. The molecule has 1 N–H and O–H groups in total. The molecule has 0 saturated carbocycles. The van der Waals surface area contributed by atoms with Gasteiger partial charge in [0.15, 0.2) is 5.13 Å². The zero-order chi connectivity index (χ0) is 29.4. The predicted molar refractivity (Wildman–Crippen MR) is 162 cm³/mol. The third-order valence-electron chi connectivity index (χ3n) is 7.77. The van der Waals surface area contributed by atoms with Crippen molar-refractivity contribution in [1.29, 1.82) is 0 Å². The Morgan fingerprint density at radius 1 is 0.976 bits per heavy atom. The maximum Gasteiger partial charge on any atom is 0.332 e. The normalized spacial score (nSPS) is 18.8. The fourth-order valence-corrected chi connectivity index (χ4v) is 6.56. The van der Waals surface area contributed by atoms with Gasteiger partial charge in [-0.25, -0.2) is 9.78 Å². The molecule has 216 valence electrons. The van der Waals surface area contributed by atoms with Crippen LogP contribution in [-0.4, -0.2) is 83.0 Å². The first-order chi connectivity index (χ1) is 20.3. The highest BCUT2D eigenvalue weighted by Gasteiger charge is 2.52. The maximum absolute atomic E-state index is 14.1. The van der Waals surface area contributed by atoms with Crippen LogP contribution in [0.5, 0.6) is 0 Å². The van der Waals surface area contributed by atoms with Crippen molar-refractivity contribution in [2.24, 2.45) is 0 Å². The molecule has 2 fully saturated rings. The summed E-state index contributed by atoms with van der Waals surface area (Å²) in [6.45, 7) is 0.958. The number of anilines is 1. The molecule has 2 aliphatic heterocycles. The summed E-state index contributed by atoms with van der Waals surface area (Å²) >= 11 is 1.61. The van der Waals surface area contributed by atoms with E-state index in [1.54, 1.807) is 33.2 Å². The number of hydrazine groups is 1. The van der Waals surface area contributed by atoms with Gasteiger partial charge in [0.05, 0.1) is 23.3 Å².